The second-order valence-electron chi connectivity index (χ2n) is 5.90. The van der Waals surface area contributed by atoms with Crippen LogP contribution in [0.5, 0.6) is 0 Å². The molecular formula is C18H16FN5O2. The Morgan fingerprint density at radius 3 is 2.65 bits per heavy atom. The van der Waals surface area contributed by atoms with Crippen molar-refractivity contribution in [3.63, 3.8) is 0 Å². The van der Waals surface area contributed by atoms with E-state index >= 15 is 0 Å². The second-order valence-corrected chi connectivity index (χ2v) is 5.90. The predicted octanol–water partition coefficient (Wildman–Crippen LogP) is 1.93. The number of carbonyl (C=O) groups is 1. The van der Waals surface area contributed by atoms with Crippen molar-refractivity contribution in [1.29, 1.82) is 0 Å². The van der Waals surface area contributed by atoms with Crippen LogP contribution in [0.3, 0.4) is 0 Å². The highest BCUT2D eigenvalue weighted by Gasteiger charge is 2.30. The van der Waals surface area contributed by atoms with E-state index in [1.54, 1.807) is 29.2 Å². The minimum Gasteiger partial charge on any atom is -0.380 e. The van der Waals surface area contributed by atoms with Gasteiger partial charge in [0.1, 0.15) is 23.4 Å². The van der Waals surface area contributed by atoms with Crippen LogP contribution in [-0.4, -0.2) is 32.2 Å². The zero-order chi connectivity index (χ0) is 18.1. The van der Waals surface area contributed by atoms with E-state index in [4.69, 9.17) is 0 Å². The Hall–Kier alpha value is -3.10. The first-order chi connectivity index (χ1) is 12.6. The number of aliphatic hydroxyl groups excluding tert-OH is 1. The van der Waals surface area contributed by atoms with E-state index in [-0.39, 0.29) is 5.69 Å². The molecular weight excluding hydrogens is 337 g/mol. The molecule has 7 nitrogen and oxygen atoms in total. The Bertz CT molecular complexity index is 940. The molecule has 1 aliphatic heterocycles. The molecule has 3 heterocycles. The molecule has 2 aromatic heterocycles. The first kappa shape index (κ1) is 16.4. The molecule has 132 valence electrons. The molecule has 1 atom stereocenters. The number of nitrogens with zero attached hydrogens (tertiary/aromatic N) is 3. The van der Waals surface area contributed by atoms with Crippen LogP contribution in [0.1, 0.15) is 22.2 Å². The minimum absolute atomic E-state index is 0.152. The number of anilines is 1. The smallest absolute Gasteiger partial charge is 0.216 e. The van der Waals surface area contributed by atoms with Gasteiger partial charge in [0.2, 0.25) is 5.78 Å². The highest BCUT2D eigenvalue weighted by molar-refractivity contribution is 6.06. The van der Waals surface area contributed by atoms with Crippen molar-refractivity contribution >= 4 is 11.6 Å². The number of carbonyl (C=O) groups excluding carboxylic acids is 1. The molecule has 0 fully saturated rings. The van der Waals surface area contributed by atoms with E-state index in [1.807, 2.05) is 0 Å². The quantitative estimate of drug-likeness (QED) is 0.621. The van der Waals surface area contributed by atoms with Crippen LogP contribution < -0.4 is 10.9 Å². The van der Waals surface area contributed by atoms with Gasteiger partial charge in [-0.15, -0.1) is 0 Å². The Balaban J connectivity index is 1.79. The fraction of sp³-hybridized carbons (Fsp3) is 0.167. The molecule has 0 bridgehead atoms. The van der Waals surface area contributed by atoms with Crippen LogP contribution in [0.15, 0.2) is 48.8 Å². The Labute approximate surface area is 148 Å². The summed E-state index contributed by atoms with van der Waals surface area (Å²) in [6.07, 6.45) is 1.82. The number of hydrazine groups is 1. The van der Waals surface area contributed by atoms with Crippen molar-refractivity contribution in [2.24, 2.45) is 0 Å². The molecule has 0 spiro atoms. The Kier molecular flexibility index (Phi) is 4.19. The summed E-state index contributed by atoms with van der Waals surface area (Å²) in [5.74, 6) is -0.331. The number of aromatic nitrogens is 3. The van der Waals surface area contributed by atoms with E-state index in [2.05, 4.69) is 20.9 Å². The SMILES string of the molecule is O=C(c1nn2c(c1-c1ccncc1)NNCC2)C(O)c1ccc(F)cc1. The van der Waals surface area contributed by atoms with Crippen LogP contribution in [-0.2, 0) is 6.54 Å². The van der Waals surface area contributed by atoms with Crippen molar-refractivity contribution in [3.05, 3.63) is 65.9 Å². The van der Waals surface area contributed by atoms with Gasteiger partial charge in [0, 0.05) is 18.9 Å². The van der Waals surface area contributed by atoms with Gasteiger partial charge < -0.3 is 10.5 Å². The molecule has 3 N–H and O–H groups in total. The number of ketones is 1. The van der Waals surface area contributed by atoms with Crippen molar-refractivity contribution in [2.45, 2.75) is 12.6 Å². The summed E-state index contributed by atoms with van der Waals surface area (Å²) in [7, 11) is 0. The van der Waals surface area contributed by atoms with Gasteiger partial charge in [-0.1, -0.05) is 12.1 Å². The number of fused-ring (bicyclic) bond motifs is 1. The second kappa shape index (κ2) is 6.66. The Morgan fingerprint density at radius 1 is 1.19 bits per heavy atom. The first-order valence-electron chi connectivity index (χ1n) is 8.13. The lowest BCUT2D eigenvalue weighted by atomic mass is 9.98. The lowest BCUT2D eigenvalue weighted by molar-refractivity contribution is 0.0741. The van der Waals surface area contributed by atoms with Crippen LogP contribution in [0.4, 0.5) is 10.2 Å². The first-order valence-corrected chi connectivity index (χ1v) is 8.13. The van der Waals surface area contributed by atoms with E-state index in [0.29, 0.717) is 30.0 Å². The maximum Gasteiger partial charge on any atom is 0.216 e. The zero-order valence-corrected chi connectivity index (χ0v) is 13.7. The lowest BCUT2D eigenvalue weighted by Crippen LogP contribution is -2.33. The monoisotopic (exact) mass is 353 g/mol. The van der Waals surface area contributed by atoms with E-state index < -0.39 is 17.7 Å². The van der Waals surface area contributed by atoms with Crippen molar-refractivity contribution < 1.29 is 14.3 Å². The fourth-order valence-electron chi connectivity index (χ4n) is 2.95. The summed E-state index contributed by atoms with van der Waals surface area (Å²) >= 11 is 0. The molecule has 3 aromatic rings. The van der Waals surface area contributed by atoms with Crippen LogP contribution in [0.2, 0.25) is 0 Å². The number of benzene rings is 1. The van der Waals surface area contributed by atoms with E-state index in [9.17, 15) is 14.3 Å². The van der Waals surface area contributed by atoms with Gasteiger partial charge >= 0.3 is 0 Å². The number of hydrogen-bond acceptors (Lipinski definition) is 6. The maximum absolute atomic E-state index is 13.1. The average molecular weight is 353 g/mol. The van der Waals surface area contributed by atoms with Gasteiger partial charge in [0.15, 0.2) is 0 Å². The standard InChI is InChI=1S/C18H16FN5O2/c19-13-3-1-12(2-4-13)16(25)17(26)15-14(11-5-7-20-8-6-11)18-22-21-9-10-24(18)23-15/h1-8,16,21-22,25H,9-10H2. The summed E-state index contributed by atoms with van der Waals surface area (Å²) in [5, 5.41) is 14.9. The van der Waals surface area contributed by atoms with Crippen molar-refractivity contribution in [1.82, 2.24) is 20.2 Å². The van der Waals surface area contributed by atoms with Gasteiger partial charge in [-0.05, 0) is 35.4 Å². The van der Waals surface area contributed by atoms with Gasteiger partial charge in [0.05, 0.1) is 12.1 Å². The van der Waals surface area contributed by atoms with E-state index in [0.717, 1.165) is 5.56 Å². The topological polar surface area (TPSA) is 92.1 Å². The van der Waals surface area contributed by atoms with Gasteiger partial charge in [-0.2, -0.15) is 5.10 Å². The molecule has 1 aromatic carbocycles. The van der Waals surface area contributed by atoms with Gasteiger partial charge in [-0.25, -0.2) is 14.5 Å². The van der Waals surface area contributed by atoms with Crippen LogP contribution in [0, 0.1) is 5.82 Å². The predicted molar refractivity (Wildman–Crippen MR) is 92.8 cm³/mol. The molecule has 4 rings (SSSR count). The summed E-state index contributed by atoms with van der Waals surface area (Å²) < 4.78 is 14.8. The number of rotatable bonds is 4. The summed E-state index contributed by atoms with van der Waals surface area (Å²) in [5.41, 5.74) is 7.88. The molecule has 0 aliphatic carbocycles. The number of aliphatic hydroxyl groups is 1. The van der Waals surface area contributed by atoms with Gasteiger partial charge in [-0.3, -0.25) is 9.78 Å². The molecule has 0 saturated heterocycles. The number of pyridine rings is 1. The third-order valence-electron chi connectivity index (χ3n) is 4.24. The molecule has 1 unspecified atom stereocenters. The number of Topliss-reactive ketones (excluding diaryl/α,β-unsaturated/α-hetero) is 1. The highest BCUT2D eigenvalue weighted by Crippen LogP contribution is 2.34. The third kappa shape index (κ3) is 2.85. The molecule has 1 aliphatic rings. The summed E-state index contributed by atoms with van der Waals surface area (Å²) in [6.45, 7) is 1.24. The summed E-state index contributed by atoms with van der Waals surface area (Å²) in [4.78, 5) is 17.0. The maximum atomic E-state index is 13.1. The van der Waals surface area contributed by atoms with Gasteiger partial charge in [0.25, 0.3) is 0 Å². The molecule has 0 saturated carbocycles. The average Bonchev–Trinajstić information content (AvgIpc) is 3.07. The number of hydrogen-bond donors (Lipinski definition) is 3. The molecule has 26 heavy (non-hydrogen) atoms. The number of halogens is 1. The van der Waals surface area contributed by atoms with Crippen molar-refractivity contribution in [2.75, 3.05) is 12.0 Å². The zero-order valence-electron chi connectivity index (χ0n) is 13.7. The Morgan fingerprint density at radius 2 is 1.92 bits per heavy atom. The molecule has 0 radical (unpaired) electrons. The molecule has 0 amide bonds. The van der Waals surface area contributed by atoms with E-state index in [1.165, 1.54) is 24.3 Å². The van der Waals surface area contributed by atoms with Crippen molar-refractivity contribution in [3.8, 4) is 11.1 Å². The third-order valence-corrected chi connectivity index (χ3v) is 4.24. The lowest BCUT2D eigenvalue weighted by Gasteiger charge is -2.18. The normalized spacial score (nSPS) is 14.4. The summed E-state index contributed by atoms with van der Waals surface area (Å²) in [6, 6.07) is 8.74. The minimum atomic E-state index is -1.43. The fourth-order valence-corrected chi connectivity index (χ4v) is 2.95. The van der Waals surface area contributed by atoms with Crippen LogP contribution >= 0.6 is 0 Å². The molecule has 8 heteroatoms. The van der Waals surface area contributed by atoms with Crippen LogP contribution in [0.25, 0.3) is 11.1 Å². The highest BCUT2D eigenvalue weighted by atomic mass is 19.1. The number of nitrogens with one attached hydrogen (secondary N) is 2. The largest absolute Gasteiger partial charge is 0.380 e.